The van der Waals surface area contributed by atoms with Crippen molar-refractivity contribution in [3.05, 3.63) is 0 Å². The van der Waals surface area contributed by atoms with Crippen molar-refractivity contribution in [3.63, 3.8) is 0 Å². The van der Waals surface area contributed by atoms with Gasteiger partial charge in [-0.15, -0.1) is 0 Å². The Balaban J connectivity index is 2.35. The maximum absolute atomic E-state index is 12.2. The molecule has 5 N–H and O–H groups in total. The fourth-order valence-corrected chi connectivity index (χ4v) is 4.40. The molecule has 1 rings (SSSR count). The summed E-state index contributed by atoms with van der Waals surface area (Å²) >= 11 is 0. The van der Waals surface area contributed by atoms with Crippen molar-refractivity contribution < 1.29 is 24.6 Å². The number of carbonyl (C=O) groups excluding carboxylic acids is 1. The second-order valence-corrected chi connectivity index (χ2v) is 7.46. The molecule has 0 aliphatic carbocycles. The van der Waals surface area contributed by atoms with E-state index in [1.165, 1.54) is 0 Å². The monoisotopic (exact) mass is 351 g/mol. The van der Waals surface area contributed by atoms with Gasteiger partial charge in [-0.05, 0) is 25.7 Å². The van der Waals surface area contributed by atoms with Gasteiger partial charge in [0.2, 0.25) is 5.91 Å². The summed E-state index contributed by atoms with van der Waals surface area (Å²) in [4.78, 5) is 33.3. The second-order valence-electron chi connectivity index (χ2n) is 4.83. The van der Waals surface area contributed by atoms with Crippen LogP contribution in [-0.4, -0.2) is 58.4 Å². The molecule has 3 amide bonds. The molecule has 0 aromatic rings. The van der Waals surface area contributed by atoms with Gasteiger partial charge in [0.05, 0.1) is 0 Å². The molecule has 10 heteroatoms. The summed E-state index contributed by atoms with van der Waals surface area (Å²) in [5, 5.41) is 24.6. The lowest BCUT2D eigenvalue weighted by molar-refractivity contribution is -0.123. The fourth-order valence-electron chi connectivity index (χ4n) is 1.97. The largest absolute Gasteiger partial charge is 0.465 e. The molecule has 0 aromatic carbocycles. The van der Waals surface area contributed by atoms with E-state index >= 15 is 0 Å². The van der Waals surface area contributed by atoms with Crippen LogP contribution in [0.25, 0.3) is 0 Å². The molecular weight excluding hydrogens is 330 g/mol. The van der Waals surface area contributed by atoms with Gasteiger partial charge >= 0.3 is 12.2 Å². The first kappa shape index (κ1) is 18.8. The molecule has 0 aromatic heterocycles. The van der Waals surface area contributed by atoms with E-state index in [0.29, 0.717) is 19.3 Å². The number of nitrogens with one attached hydrogen (secondary N) is 3. The Morgan fingerprint density at radius 1 is 1.14 bits per heavy atom. The zero-order valence-electron chi connectivity index (χ0n) is 12.0. The van der Waals surface area contributed by atoms with Gasteiger partial charge in [0.15, 0.2) is 0 Å². The first-order valence-electron chi connectivity index (χ1n) is 7.00. The Hall–Kier alpha value is -1.29. The molecule has 0 radical (unpaired) electrons. The standard InChI is InChI=1S/C12H21N3O5S2/c16-10(14-8-4-6-21-22-7-8)9(15-12(19)20)3-1-2-5-13-11(17)18/h8-9,13,15H,1-7H2,(H,14,16)(H,17,18)(H,19,20)/t8?,9-/m0/s1. The number of carbonyl (C=O) groups is 3. The van der Waals surface area contributed by atoms with Crippen LogP contribution < -0.4 is 16.0 Å². The predicted octanol–water partition coefficient (Wildman–Crippen LogP) is 1.33. The molecule has 126 valence electrons. The molecular formula is C12H21N3O5S2. The zero-order valence-corrected chi connectivity index (χ0v) is 13.7. The van der Waals surface area contributed by atoms with Crippen LogP contribution in [0.1, 0.15) is 25.7 Å². The maximum atomic E-state index is 12.2. The lowest BCUT2D eigenvalue weighted by Crippen LogP contribution is -2.50. The average molecular weight is 351 g/mol. The minimum absolute atomic E-state index is 0.0746. The van der Waals surface area contributed by atoms with Gasteiger partial charge in [0, 0.05) is 24.1 Å². The van der Waals surface area contributed by atoms with Gasteiger partial charge in [-0.1, -0.05) is 21.6 Å². The first-order chi connectivity index (χ1) is 10.5. The number of amides is 3. The summed E-state index contributed by atoms with van der Waals surface area (Å²) in [7, 11) is 3.47. The summed E-state index contributed by atoms with van der Waals surface area (Å²) in [6.07, 6.45) is -0.0101. The number of hydrogen-bond donors (Lipinski definition) is 5. The highest BCUT2D eigenvalue weighted by Gasteiger charge is 2.24. The fraction of sp³-hybridized carbons (Fsp3) is 0.750. The third-order valence-corrected chi connectivity index (χ3v) is 5.57. The number of rotatable bonds is 8. The third-order valence-electron chi connectivity index (χ3n) is 3.06. The van der Waals surface area contributed by atoms with Crippen LogP contribution in [0.15, 0.2) is 0 Å². The molecule has 1 fully saturated rings. The van der Waals surface area contributed by atoms with Crippen LogP contribution >= 0.6 is 21.6 Å². The van der Waals surface area contributed by atoms with Crippen LogP contribution in [0.5, 0.6) is 0 Å². The molecule has 0 spiro atoms. The van der Waals surface area contributed by atoms with E-state index in [9.17, 15) is 14.4 Å². The summed E-state index contributed by atoms with van der Waals surface area (Å²) < 4.78 is 0. The van der Waals surface area contributed by atoms with Crippen molar-refractivity contribution in [3.8, 4) is 0 Å². The molecule has 0 saturated carbocycles. The van der Waals surface area contributed by atoms with Crippen LogP contribution in [0, 0.1) is 0 Å². The Kier molecular flexibility index (Phi) is 8.90. The molecule has 1 heterocycles. The molecule has 1 saturated heterocycles. The molecule has 1 aliphatic heterocycles. The van der Waals surface area contributed by atoms with E-state index in [1.807, 2.05) is 0 Å². The van der Waals surface area contributed by atoms with Gasteiger partial charge in [-0.2, -0.15) is 0 Å². The maximum Gasteiger partial charge on any atom is 0.405 e. The summed E-state index contributed by atoms with van der Waals surface area (Å²) in [6.45, 7) is 0.285. The first-order valence-corrected chi connectivity index (χ1v) is 9.49. The minimum Gasteiger partial charge on any atom is -0.465 e. The Morgan fingerprint density at radius 2 is 1.91 bits per heavy atom. The molecule has 0 bridgehead atoms. The molecule has 1 aliphatic rings. The van der Waals surface area contributed by atoms with Crippen molar-refractivity contribution in [2.24, 2.45) is 0 Å². The van der Waals surface area contributed by atoms with E-state index in [1.54, 1.807) is 21.6 Å². The molecule has 22 heavy (non-hydrogen) atoms. The van der Waals surface area contributed by atoms with Crippen LogP contribution in [-0.2, 0) is 4.79 Å². The van der Waals surface area contributed by atoms with Crippen molar-refractivity contribution in [1.29, 1.82) is 0 Å². The van der Waals surface area contributed by atoms with Gasteiger partial charge in [-0.25, -0.2) is 9.59 Å². The van der Waals surface area contributed by atoms with Crippen LogP contribution in [0.3, 0.4) is 0 Å². The highest BCUT2D eigenvalue weighted by atomic mass is 33.1. The quantitative estimate of drug-likeness (QED) is 0.330. The van der Waals surface area contributed by atoms with E-state index in [4.69, 9.17) is 10.2 Å². The predicted molar refractivity (Wildman–Crippen MR) is 86.3 cm³/mol. The summed E-state index contributed by atoms with van der Waals surface area (Å²) in [5.41, 5.74) is 0. The van der Waals surface area contributed by atoms with Gasteiger partial charge in [-0.3, -0.25) is 4.79 Å². The topological polar surface area (TPSA) is 128 Å². The number of carboxylic acid groups (broad SMARTS) is 2. The third kappa shape index (κ3) is 8.23. The van der Waals surface area contributed by atoms with E-state index in [2.05, 4.69) is 16.0 Å². The van der Waals surface area contributed by atoms with Gasteiger partial charge in [0.25, 0.3) is 0 Å². The number of unbranched alkanes of at least 4 members (excludes halogenated alkanes) is 1. The second kappa shape index (κ2) is 10.4. The number of hydrogen-bond acceptors (Lipinski definition) is 5. The smallest absolute Gasteiger partial charge is 0.405 e. The highest BCUT2D eigenvalue weighted by molar-refractivity contribution is 8.76. The van der Waals surface area contributed by atoms with Crippen LogP contribution in [0.4, 0.5) is 9.59 Å². The zero-order chi connectivity index (χ0) is 16.4. The molecule has 1 unspecified atom stereocenters. The van der Waals surface area contributed by atoms with Crippen molar-refractivity contribution >= 4 is 39.7 Å². The lowest BCUT2D eigenvalue weighted by Gasteiger charge is -2.24. The van der Waals surface area contributed by atoms with Gasteiger partial charge in [0.1, 0.15) is 6.04 Å². The van der Waals surface area contributed by atoms with Crippen molar-refractivity contribution in [1.82, 2.24) is 16.0 Å². The summed E-state index contributed by atoms with van der Waals surface area (Å²) in [6, 6.07) is -0.729. The normalized spacial score (nSPS) is 19.0. The Morgan fingerprint density at radius 3 is 2.50 bits per heavy atom. The highest BCUT2D eigenvalue weighted by Crippen LogP contribution is 2.29. The SMILES string of the molecule is O=C(O)NCCCC[C@H](NC(=O)O)C(=O)NC1CCSSC1. The van der Waals surface area contributed by atoms with Crippen molar-refractivity contribution in [2.45, 2.75) is 37.8 Å². The lowest BCUT2D eigenvalue weighted by atomic mass is 10.1. The van der Waals surface area contributed by atoms with Gasteiger partial charge < -0.3 is 26.2 Å². The summed E-state index contributed by atoms with van der Waals surface area (Å²) in [5.74, 6) is 1.47. The van der Waals surface area contributed by atoms with E-state index < -0.39 is 18.2 Å². The molecule has 8 nitrogen and oxygen atoms in total. The van der Waals surface area contributed by atoms with E-state index in [0.717, 1.165) is 17.9 Å². The van der Waals surface area contributed by atoms with Crippen LogP contribution in [0.2, 0.25) is 0 Å². The average Bonchev–Trinajstić information content (AvgIpc) is 2.46. The Bertz CT molecular complexity index is 391. The minimum atomic E-state index is -1.24. The molecule has 2 atom stereocenters. The van der Waals surface area contributed by atoms with Crippen molar-refractivity contribution in [2.75, 3.05) is 18.1 Å². The van der Waals surface area contributed by atoms with E-state index in [-0.39, 0.29) is 18.5 Å². The Labute approximate surface area is 136 Å².